The van der Waals surface area contributed by atoms with E-state index in [2.05, 4.69) is 5.32 Å². The van der Waals surface area contributed by atoms with Crippen molar-refractivity contribution in [3.63, 3.8) is 0 Å². The lowest BCUT2D eigenvalue weighted by Gasteiger charge is -2.31. The number of aryl methyl sites for hydroxylation is 1. The monoisotopic (exact) mass is 346 g/mol. The number of nitrogens with zero attached hydrogens (tertiary/aromatic N) is 1. The van der Waals surface area contributed by atoms with Gasteiger partial charge >= 0.3 is 5.97 Å². The van der Waals surface area contributed by atoms with E-state index in [0.29, 0.717) is 30.0 Å². The first kappa shape index (κ1) is 16.3. The van der Waals surface area contributed by atoms with Crippen LogP contribution in [-0.2, 0) is 14.8 Å². The van der Waals surface area contributed by atoms with Crippen LogP contribution < -0.4 is 9.62 Å². The number of rotatable bonds is 3. The molecule has 0 fully saturated rings. The van der Waals surface area contributed by atoms with E-state index in [9.17, 15) is 13.2 Å². The number of fused-ring (bicyclic) bond motifs is 1. The quantitative estimate of drug-likeness (QED) is 0.864. The maximum absolute atomic E-state index is 12.9. The topological polar surface area (TPSA) is 75.7 Å². The normalized spacial score (nSPS) is 13.8. The molecular formula is C17H18N2O4S. The van der Waals surface area contributed by atoms with Crippen molar-refractivity contribution in [2.45, 2.75) is 11.8 Å². The van der Waals surface area contributed by atoms with Gasteiger partial charge in [0.2, 0.25) is 0 Å². The molecule has 1 aliphatic rings. The van der Waals surface area contributed by atoms with Crippen LogP contribution in [0.2, 0.25) is 0 Å². The van der Waals surface area contributed by atoms with Crippen molar-refractivity contribution in [2.24, 2.45) is 0 Å². The van der Waals surface area contributed by atoms with Crippen molar-refractivity contribution in [1.82, 2.24) is 0 Å². The molecule has 0 atom stereocenters. The molecule has 0 radical (unpaired) electrons. The summed E-state index contributed by atoms with van der Waals surface area (Å²) in [4.78, 5) is 11.9. The van der Waals surface area contributed by atoms with Gasteiger partial charge in [0.15, 0.2) is 0 Å². The Bertz CT molecular complexity index is 876. The summed E-state index contributed by atoms with van der Waals surface area (Å²) in [5.41, 5.74) is 2.49. The van der Waals surface area contributed by atoms with Gasteiger partial charge in [0.1, 0.15) is 0 Å². The van der Waals surface area contributed by atoms with Crippen LogP contribution in [0.5, 0.6) is 0 Å². The van der Waals surface area contributed by atoms with Crippen molar-refractivity contribution >= 4 is 27.4 Å². The third kappa shape index (κ3) is 2.82. The molecule has 24 heavy (non-hydrogen) atoms. The van der Waals surface area contributed by atoms with Gasteiger partial charge in [-0.3, -0.25) is 4.31 Å². The first-order valence-corrected chi connectivity index (χ1v) is 8.93. The zero-order valence-corrected chi connectivity index (χ0v) is 14.3. The van der Waals surface area contributed by atoms with Crippen molar-refractivity contribution in [1.29, 1.82) is 0 Å². The number of methoxy groups -OCH3 is 1. The smallest absolute Gasteiger partial charge is 0.337 e. The van der Waals surface area contributed by atoms with Crippen molar-refractivity contribution < 1.29 is 17.9 Å². The lowest BCUT2D eigenvalue weighted by Crippen LogP contribution is -2.38. The molecule has 1 aliphatic heterocycles. The highest BCUT2D eigenvalue weighted by molar-refractivity contribution is 7.92. The standard InChI is InChI=1S/C17H18N2O4S/c1-12-3-6-14(7-4-12)24(21,22)19-10-9-18-15-11-13(17(20)23-2)5-8-16(15)19/h3-8,11,18H,9-10H2,1-2H3. The molecule has 2 aromatic rings. The second-order valence-corrected chi connectivity index (χ2v) is 7.40. The largest absolute Gasteiger partial charge is 0.465 e. The predicted octanol–water partition coefficient (Wildman–Crippen LogP) is 2.40. The molecule has 0 saturated carbocycles. The number of hydrogen-bond acceptors (Lipinski definition) is 5. The lowest BCUT2D eigenvalue weighted by atomic mass is 10.1. The fourth-order valence-electron chi connectivity index (χ4n) is 2.64. The average molecular weight is 346 g/mol. The summed E-state index contributed by atoms with van der Waals surface area (Å²) in [6.45, 7) is 2.69. The highest BCUT2D eigenvalue weighted by atomic mass is 32.2. The van der Waals surface area contributed by atoms with Crippen LogP contribution in [0.1, 0.15) is 15.9 Å². The van der Waals surface area contributed by atoms with E-state index in [4.69, 9.17) is 4.74 Å². The number of anilines is 2. The van der Waals surface area contributed by atoms with Crippen LogP contribution in [-0.4, -0.2) is 34.6 Å². The van der Waals surface area contributed by atoms with Crippen molar-refractivity contribution in [3.8, 4) is 0 Å². The van der Waals surface area contributed by atoms with Crippen LogP contribution in [0.3, 0.4) is 0 Å². The summed E-state index contributed by atoms with van der Waals surface area (Å²) in [7, 11) is -2.34. The van der Waals surface area contributed by atoms with Gasteiger partial charge < -0.3 is 10.1 Å². The number of carbonyl (C=O) groups excluding carboxylic acids is 1. The number of esters is 1. The van der Waals surface area contributed by atoms with Gasteiger partial charge in [-0.05, 0) is 37.3 Å². The Morgan fingerprint density at radius 1 is 1.17 bits per heavy atom. The number of hydrogen-bond donors (Lipinski definition) is 1. The molecule has 0 unspecified atom stereocenters. The van der Waals surface area contributed by atoms with Crippen LogP contribution in [0.4, 0.5) is 11.4 Å². The fourth-order valence-corrected chi connectivity index (χ4v) is 4.12. The third-order valence-electron chi connectivity index (χ3n) is 3.93. The first-order chi connectivity index (χ1) is 11.4. The summed E-state index contributed by atoms with van der Waals surface area (Å²) in [5, 5.41) is 3.13. The average Bonchev–Trinajstić information content (AvgIpc) is 2.60. The minimum atomic E-state index is -3.65. The summed E-state index contributed by atoms with van der Waals surface area (Å²) < 4.78 is 32.0. The third-order valence-corrected chi connectivity index (χ3v) is 5.75. The number of nitrogens with one attached hydrogen (secondary N) is 1. The molecule has 0 amide bonds. The fraction of sp³-hybridized carbons (Fsp3) is 0.235. The van der Waals surface area contributed by atoms with Crippen LogP contribution in [0, 0.1) is 6.92 Å². The maximum atomic E-state index is 12.9. The van der Waals surface area contributed by atoms with E-state index >= 15 is 0 Å². The Morgan fingerprint density at radius 3 is 2.54 bits per heavy atom. The highest BCUT2D eigenvalue weighted by Gasteiger charge is 2.29. The predicted molar refractivity (Wildman–Crippen MR) is 92.0 cm³/mol. The van der Waals surface area contributed by atoms with Crippen molar-refractivity contribution in [3.05, 3.63) is 53.6 Å². The SMILES string of the molecule is COC(=O)c1ccc2c(c1)NCCN2S(=O)(=O)c1ccc(C)cc1. The summed E-state index contributed by atoms with van der Waals surface area (Å²) >= 11 is 0. The Kier molecular flexibility index (Phi) is 4.19. The number of ether oxygens (including phenoxy) is 1. The molecule has 126 valence electrons. The van der Waals surface area contributed by atoms with E-state index in [-0.39, 0.29) is 4.90 Å². The molecule has 0 bridgehead atoms. The Labute approximate surface area is 141 Å². The van der Waals surface area contributed by atoms with Gasteiger partial charge in [-0.25, -0.2) is 13.2 Å². The molecule has 3 rings (SSSR count). The molecule has 7 heteroatoms. The van der Waals surface area contributed by atoms with Crippen LogP contribution in [0.25, 0.3) is 0 Å². The second kappa shape index (κ2) is 6.16. The molecule has 0 saturated heterocycles. The second-order valence-electron chi connectivity index (χ2n) is 5.54. The number of carbonyl (C=O) groups is 1. The van der Waals surface area contributed by atoms with E-state index < -0.39 is 16.0 Å². The molecule has 0 aromatic heterocycles. The summed E-state index contributed by atoms with van der Waals surface area (Å²) in [6, 6.07) is 11.6. The van der Waals surface area contributed by atoms with Gasteiger partial charge in [0.05, 0.1) is 35.5 Å². The molecule has 6 nitrogen and oxygen atoms in total. The Balaban J connectivity index is 2.03. The number of sulfonamides is 1. The minimum absolute atomic E-state index is 0.248. The van der Waals surface area contributed by atoms with Gasteiger partial charge in [0.25, 0.3) is 10.0 Å². The van der Waals surface area contributed by atoms with Gasteiger partial charge in [-0.1, -0.05) is 17.7 Å². The summed E-state index contributed by atoms with van der Waals surface area (Å²) in [6.07, 6.45) is 0. The molecule has 2 aromatic carbocycles. The first-order valence-electron chi connectivity index (χ1n) is 7.49. The summed E-state index contributed by atoms with van der Waals surface area (Å²) in [5.74, 6) is -0.460. The minimum Gasteiger partial charge on any atom is -0.465 e. The molecule has 1 heterocycles. The molecule has 0 aliphatic carbocycles. The zero-order chi connectivity index (χ0) is 17.3. The van der Waals surface area contributed by atoms with Gasteiger partial charge in [-0.2, -0.15) is 0 Å². The van der Waals surface area contributed by atoms with E-state index in [1.165, 1.54) is 11.4 Å². The highest BCUT2D eigenvalue weighted by Crippen LogP contribution is 2.34. The van der Waals surface area contributed by atoms with E-state index in [0.717, 1.165) is 5.56 Å². The molecule has 0 spiro atoms. The van der Waals surface area contributed by atoms with Gasteiger partial charge in [-0.15, -0.1) is 0 Å². The number of benzene rings is 2. The Morgan fingerprint density at radius 2 is 1.88 bits per heavy atom. The van der Waals surface area contributed by atoms with Crippen LogP contribution >= 0.6 is 0 Å². The van der Waals surface area contributed by atoms with Gasteiger partial charge in [0, 0.05) is 6.54 Å². The van der Waals surface area contributed by atoms with Crippen molar-refractivity contribution in [2.75, 3.05) is 29.8 Å². The van der Waals surface area contributed by atoms with Crippen LogP contribution in [0.15, 0.2) is 47.4 Å². The molecular weight excluding hydrogens is 328 g/mol. The lowest BCUT2D eigenvalue weighted by molar-refractivity contribution is 0.0601. The Hall–Kier alpha value is -2.54. The maximum Gasteiger partial charge on any atom is 0.337 e. The van der Waals surface area contributed by atoms with E-state index in [1.807, 2.05) is 6.92 Å². The van der Waals surface area contributed by atoms with E-state index in [1.54, 1.807) is 42.5 Å². The molecule has 1 N–H and O–H groups in total. The zero-order valence-electron chi connectivity index (χ0n) is 13.4.